The van der Waals surface area contributed by atoms with Crippen LogP contribution in [0.3, 0.4) is 0 Å². The first-order valence-corrected chi connectivity index (χ1v) is 9.98. The molecule has 1 fully saturated rings. The zero-order valence-electron chi connectivity index (χ0n) is 16.3. The number of hydrogen-bond donors (Lipinski definition) is 2. The van der Waals surface area contributed by atoms with Crippen LogP contribution in [0.1, 0.15) is 30.0 Å². The summed E-state index contributed by atoms with van der Waals surface area (Å²) in [4.78, 5) is 2.40. The number of phenolic OH excluding ortho intramolecular Hbond substituents is 1. The van der Waals surface area contributed by atoms with Gasteiger partial charge in [0.1, 0.15) is 18.1 Å². The molecule has 2 N–H and O–H groups in total. The van der Waals surface area contributed by atoms with Gasteiger partial charge in [-0.25, -0.2) is 4.68 Å². The van der Waals surface area contributed by atoms with E-state index in [4.69, 9.17) is 9.84 Å². The molecule has 0 radical (unpaired) electrons. The zero-order chi connectivity index (χ0) is 20.1. The molecular formula is C22H26N4O3. The summed E-state index contributed by atoms with van der Waals surface area (Å²) in [6.07, 6.45) is 4.12. The van der Waals surface area contributed by atoms with E-state index in [2.05, 4.69) is 21.3 Å². The average molecular weight is 394 g/mol. The van der Waals surface area contributed by atoms with Gasteiger partial charge in [-0.2, -0.15) is 0 Å². The van der Waals surface area contributed by atoms with Crippen LogP contribution in [-0.2, 0) is 6.54 Å². The number of rotatable bonds is 7. The number of piperidine rings is 1. The van der Waals surface area contributed by atoms with Gasteiger partial charge in [-0.15, -0.1) is 5.10 Å². The van der Waals surface area contributed by atoms with Crippen molar-refractivity contribution in [3.8, 4) is 17.2 Å². The third-order valence-electron chi connectivity index (χ3n) is 5.32. The lowest BCUT2D eigenvalue weighted by Crippen LogP contribution is -2.32. The SMILES string of the molecule is OCCOc1ccc(-n2cc(CN3CCC(c4cccc(O)c4)CC3)nn2)cc1. The number of hydrogen-bond acceptors (Lipinski definition) is 6. The summed E-state index contributed by atoms with van der Waals surface area (Å²) in [7, 11) is 0. The van der Waals surface area contributed by atoms with Gasteiger partial charge < -0.3 is 14.9 Å². The molecule has 152 valence electrons. The lowest BCUT2D eigenvalue weighted by molar-refractivity contribution is 0.201. The van der Waals surface area contributed by atoms with Gasteiger partial charge in [-0.05, 0) is 73.8 Å². The number of ether oxygens (including phenoxy) is 1. The summed E-state index contributed by atoms with van der Waals surface area (Å²) in [6.45, 7) is 3.08. The summed E-state index contributed by atoms with van der Waals surface area (Å²) in [5.41, 5.74) is 3.09. The molecule has 0 bridgehead atoms. The molecular weight excluding hydrogens is 368 g/mol. The van der Waals surface area contributed by atoms with Crippen molar-refractivity contribution in [2.45, 2.75) is 25.3 Å². The zero-order valence-corrected chi connectivity index (χ0v) is 16.3. The molecule has 2 aromatic carbocycles. The number of aromatic nitrogens is 3. The largest absolute Gasteiger partial charge is 0.508 e. The molecule has 0 amide bonds. The minimum atomic E-state index is -0.000739. The standard InChI is InChI=1S/C22H26N4O3/c27-12-13-29-22-6-4-20(5-7-22)26-16-19(23-24-26)15-25-10-8-17(9-11-25)18-2-1-3-21(28)14-18/h1-7,14,16-17,27-28H,8-13,15H2. The fourth-order valence-electron chi connectivity index (χ4n) is 3.79. The molecule has 0 spiro atoms. The van der Waals surface area contributed by atoms with Gasteiger partial charge in [0.2, 0.25) is 0 Å². The highest BCUT2D eigenvalue weighted by Gasteiger charge is 2.21. The summed E-state index contributed by atoms with van der Waals surface area (Å²) >= 11 is 0. The minimum absolute atomic E-state index is 0.000739. The molecule has 0 saturated carbocycles. The summed E-state index contributed by atoms with van der Waals surface area (Å²) in [5.74, 6) is 1.56. The minimum Gasteiger partial charge on any atom is -0.508 e. The Kier molecular flexibility index (Phi) is 6.07. The first-order valence-electron chi connectivity index (χ1n) is 9.98. The smallest absolute Gasteiger partial charge is 0.119 e. The summed E-state index contributed by atoms with van der Waals surface area (Å²) < 4.78 is 7.15. The van der Waals surface area contributed by atoms with Crippen LogP contribution in [0, 0.1) is 0 Å². The van der Waals surface area contributed by atoms with Crippen LogP contribution < -0.4 is 4.74 Å². The molecule has 1 saturated heterocycles. The van der Waals surface area contributed by atoms with E-state index in [1.54, 1.807) is 10.7 Å². The van der Waals surface area contributed by atoms with Crippen molar-refractivity contribution in [2.75, 3.05) is 26.3 Å². The average Bonchev–Trinajstić information content (AvgIpc) is 3.21. The Hall–Kier alpha value is -2.90. The van der Waals surface area contributed by atoms with Gasteiger partial charge in [0.15, 0.2) is 0 Å². The molecule has 2 heterocycles. The summed E-state index contributed by atoms with van der Waals surface area (Å²) in [6, 6.07) is 15.2. The van der Waals surface area contributed by atoms with Crippen molar-refractivity contribution < 1.29 is 14.9 Å². The van der Waals surface area contributed by atoms with E-state index in [1.165, 1.54) is 5.56 Å². The summed E-state index contributed by atoms with van der Waals surface area (Å²) in [5, 5.41) is 27.1. The Labute approximate surface area is 170 Å². The maximum atomic E-state index is 9.70. The monoisotopic (exact) mass is 394 g/mol. The molecule has 3 aromatic rings. The van der Waals surface area contributed by atoms with E-state index in [0.29, 0.717) is 11.7 Å². The van der Waals surface area contributed by atoms with Crippen LogP contribution in [0.25, 0.3) is 5.69 Å². The Balaban J connectivity index is 1.32. The first-order chi connectivity index (χ1) is 14.2. The maximum absolute atomic E-state index is 9.70. The van der Waals surface area contributed by atoms with Crippen molar-refractivity contribution >= 4 is 0 Å². The van der Waals surface area contributed by atoms with Crippen LogP contribution in [-0.4, -0.2) is 56.4 Å². The molecule has 7 heteroatoms. The number of nitrogens with zero attached hydrogens (tertiary/aromatic N) is 4. The van der Waals surface area contributed by atoms with Crippen LogP contribution >= 0.6 is 0 Å². The van der Waals surface area contributed by atoms with E-state index in [9.17, 15) is 5.11 Å². The quantitative estimate of drug-likeness (QED) is 0.641. The van der Waals surface area contributed by atoms with Crippen LogP contribution in [0.4, 0.5) is 0 Å². The first kappa shape index (κ1) is 19.4. The molecule has 0 unspecified atom stereocenters. The predicted molar refractivity (Wildman–Crippen MR) is 109 cm³/mol. The molecule has 0 aliphatic carbocycles. The van der Waals surface area contributed by atoms with E-state index in [0.717, 1.165) is 49.6 Å². The number of aliphatic hydroxyl groups excluding tert-OH is 1. The van der Waals surface area contributed by atoms with Crippen LogP contribution in [0.2, 0.25) is 0 Å². The van der Waals surface area contributed by atoms with E-state index >= 15 is 0 Å². The molecule has 0 atom stereocenters. The van der Waals surface area contributed by atoms with Crippen molar-refractivity contribution in [3.05, 3.63) is 66.0 Å². The van der Waals surface area contributed by atoms with E-state index < -0.39 is 0 Å². The third-order valence-corrected chi connectivity index (χ3v) is 5.32. The van der Waals surface area contributed by atoms with Gasteiger partial charge in [0.05, 0.1) is 24.2 Å². The second-order valence-corrected chi connectivity index (χ2v) is 7.37. The number of likely N-dealkylation sites (tertiary alicyclic amines) is 1. The third kappa shape index (κ3) is 4.93. The van der Waals surface area contributed by atoms with Gasteiger partial charge >= 0.3 is 0 Å². The van der Waals surface area contributed by atoms with E-state index in [1.807, 2.05) is 42.6 Å². The highest BCUT2D eigenvalue weighted by molar-refractivity contribution is 5.36. The number of aliphatic hydroxyl groups is 1. The maximum Gasteiger partial charge on any atom is 0.119 e. The molecule has 1 aliphatic heterocycles. The van der Waals surface area contributed by atoms with Crippen LogP contribution in [0.15, 0.2) is 54.7 Å². The second-order valence-electron chi connectivity index (χ2n) is 7.37. The molecule has 1 aliphatic rings. The van der Waals surface area contributed by atoms with Gasteiger partial charge in [0.25, 0.3) is 0 Å². The topological polar surface area (TPSA) is 83.6 Å². The molecule has 4 rings (SSSR count). The number of phenols is 1. The molecule has 7 nitrogen and oxygen atoms in total. The Morgan fingerprint density at radius 2 is 1.86 bits per heavy atom. The number of aromatic hydroxyl groups is 1. The van der Waals surface area contributed by atoms with E-state index in [-0.39, 0.29) is 13.2 Å². The van der Waals surface area contributed by atoms with Crippen molar-refractivity contribution in [1.82, 2.24) is 19.9 Å². The second kappa shape index (κ2) is 9.07. The fraction of sp³-hybridized carbons (Fsp3) is 0.364. The fourth-order valence-corrected chi connectivity index (χ4v) is 3.79. The molecule has 1 aromatic heterocycles. The van der Waals surface area contributed by atoms with Gasteiger partial charge in [-0.1, -0.05) is 17.3 Å². The predicted octanol–water partition coefficient (Wildman–Crippen LogP) is 2.72. The van der Waals surface area contributed by atoms with Gasteiger partial charge in [0, 0.05) is 6.54 Å². The lowest BCUT2D eigenvalue weighted by atomic mass is 9.89. The van der Waals surface area contributed by atoms with Crippen molar-refractivity contribution in [1.29, 1.82) is 0 Å². The van der Waals surface area contributed by atoms with Crippen molar-refractivity contribution in [3.63, 3.8) is 0 Å². The Bertz CT molecular complexity index is 918. The van der Waals surface area contributed by atoms with Gasteiger partial charge in [-0.3, -0.25) is 4.90 Å². The lowest BCUT2D eigenvalue weighted by Gasteiger charge is -2.31. The Morgan fingerprint density at radius 1 is 1.07 bits per heavy atom. The Morgan fingerprint density at radius 3 is 2.59 bits per heavy atom. The molecule has 29 heavy (non-hydrogen) atoms. The van der Waals surface area contributed by atoms with Crippen molar-refractivity contribution in [2.24, 2.45) is 0 Å². The highest BCUT2D eigenvalue weighted by Crippen LogP contribution is 2.30. The van der Waals surface area contributed by atoms with Crippen LogP contribution in [0.5, 0.6) is 11.5 Å². The number of benzene rings is 2. The highest BCUT2D eigenvalue weighted by atomic mass is 16.5. The normalized spacial score (nSPS) is 15.5.